The van der Waals surface area contributed by atoms with Crippen molar-refractivity contribution in [2.45, 2.75) is 63.9 Å². The van der Waals surface area contributed by atoms with Crippen LogP contribution in [0.5, 0.6) is 5.75 Å². The molecular formula is C22H30N3O9PS. The van der Waals surface area contributed by atoms with Crippen LogP contribution in [0.1, 0.15) is 33.9 Å². The zero-order valence-electron chi connectivity index (χ0n) is 20.2. The molecule has 2 heterocycles. The molecule has 0 aliphatic carbocycles. The first-order valence-electron chi connectivity index (χ1n) is 11.2. The Bertz CT molecular complexity index is 1220. The molecule has 1 saturated heterocycles. The van der Waals surface area contributed by atoms with Crippen LogP contribution in [-0.2, 0) is 23.4 Å². The molecule has 1 aliphatic rings. The standard InChI is InChI=1S/C22H30N3O9PS/c1-13(2)32-19(28)14(3)24-35(30,34-15-8-6-5-7-9-15)31-12-16-18(27)22(4,29)20(33-16)25-11-10-17(26)23-21(25)36/h5-11,13-14,16,18,20,27,29H,12H2,1-4H3,(H,24,30)(H,23,26,36)/t14-,16?,18-,20+,22?,35?/m0/s1. The van der Waals surface area contributed by atoms with E-state index < -0.39 is 62.1 Å². The van der Waals surface area contributed by atoms with Crippen molar-refractivity contribution in [1.29, 1.82) is 0 Å². The summed E-state index contributed by atoms with van der Waals surface area (Å²) in [6.07, 6.45) is -2.93. The van der Waals surface area contributed by atoms with Gasteiger partial charge in [0.2, 0.25) is 0 Å². The van der Waals surface area contributed by atoms with Crippen molar-refractivity contribution in [3.05, 3.63) is 57.7 Å². The minimum atomic E-state index is -4.22. The molecule has 14 heteroatoms. The maximum absolute atomic E-state index is 13.6. The Morgan fingerprint density at radius 3 is 2.58 bits per heavy atom. The fourth-order valence-corrected chi connectivity index (χ4v) is 5.25. The molecule has 6 atom stereocenters. The molecule has 12 nitrogen and oxygen atoms in total. The van der Waals surface area contributed by atoms with Crippen LogP contribution in [0.25, 0.3) is 0 Å². The van der Waals surface area contributed by atoms with Gasteiger partial charge in [-0.25, -0.2) is 4.57 Å². The molecule has 0 saturated carbocycles. The van der Waals surface area contributed by atoms with E-state index in [0.29, 0.717) is 0 Å². The van der Waals surface area contributed by atoms with E-state index in [1.54, 1.807) is 44.2 Å². The number of carbonyl (C=O) groups is 1. The summed E-state index contributed by atoms with van der Waals surface area (Å²) in [6.45, 7) is 5.63. The number of benzene rings is 1. The highest BCUT2D eigenvalue weighted by Gasteiger charge is 2.53. The predicted molar refractivity (Wildman–Crippen MR) is 131 cm³/mol. The Morgan fingerprint density at radius 1 is 1.31 bits per heavy atom. The average molecular weight is 544 g/mol. The van der Waals surface area contributed by atoms with E-state index in [1.165, 1.54) is 30.7 Å². The molecule has 1 fully saturated rings. The summed E-state index contributed by atoms with van der Waals surface area (Å²) >= 11 is 5.14. The number of aromatic nitrogens is 2. The summed E-state index contributed by atoms with van der Waals surface area (Å²) in [6, 6.07) is 8.29. The lowest BCUT2D eigenvalue weighted by Gasteiger charge is -2.28. The van der Waals surface area contributed by atoms with Crippen LogP contribution in [0.15, 0.2) is 47.4 Å². The number of nitrogens with one attached hydrogen (secondary N) is 2. The van der Waals surface area contributed by atoms with E-state index in [4.69, 9.17) is 30.7 Å². The third-order valence-corrected chi connectivity index (χ3v) is 7.25. The van der Waals surface area contributed by atoms with Crippen molar-refractivity contribution < 1.29 is 38.1 Å². The summed E-state index contributed by atoms with van der Waals surface area (Å²) < 4.78 is 37.0. The van der Waals surface area contributed by atoms with E-state index in [9.17, 15) is 24.4 Å². The van der Waals surface area contributed by atoms with Gasteiger partial charge in [-0.1, -0.05) is 18.2 Å². The monoisotopic (exact) mass is 543 g/mol. The Hall–Kier alpha value is -2.38. The molecule has 1 aromatic heterocycles. The van der Waals surface area contributed by atoms with Gasteiger partial charge in [-0.05, 0) is 52.0 Å². The minimum Gasteiger partial charge on any atom is -0.462 e. The van der Waals surface area contributed by atoms with Gasteiger partial charge < -0.3 is 24.2 Å². The lowest BCUT2D eigenvalue weighted by atomic mass is 9.96. The average Bonchev–Trinajstić information content (AvgIpc) is 3.01. The number of ether oxygens (including phenoxy) is 2. The highest BCUT2D eigenvalue weighted by Crippen LogP contribution is 2.47. The summed E-state index contributed by atoms with van der Waals surface area (Å²) in [4.78, 5) is 26.2. The topological polar surface area (TPSA) is 161 Å². The van der Waals surface area contributed by atoms with Crippen LogP contribution in [-0.4, -0.2) is 62.3 Å². The van der Waals surface area contributed by atoms with Crippen LogP contribution in [0.2, 0.25) is 0 Å². The zero-order valence-corrected chi connectivity index (χ0v) is 21.9. The van der Waals surface area contributed by atoms with Gasteiger partial charge in [0.15, 0.2) is 11.0 Å². The Kier molecular flexibility index (Phi) is 8.88. The third kappa shape index (κ3) is 6.68. The fourth-order valence-electron chi connectivity index (χ4n) is 3.50. The molecule has 3 rings (SSSR count). The smallest absolute Gasteiger partial charge is 0.459 e. The van der Waals surface area contributed by atoms with Gasteiger partial charge in [0.05, 0.1) is 12.7 Å². The molecule has 4 N–H and O–H groups in total. The van der Waals surface area contributed by atoms with E-state index >= 15 is 0 Å². The first-order valence-corrected chi connectivity index (χ1v) is 13.1. The van der Waals surface area contributed by atoms with Gasteiger partial charge in [-0.15, -0.1) is 0 Å². The first kappa shape index (κ1) is 28.2. The normalized spacial score (nSPS) is 26.4. The number of aliphatic hydroxyl groups is 2. The van der Waals surface area contributed by atoms with Gasteiger partial charge in [0.1, 0.15) is 29.6 Å². The van der Waals surface area contributed by atoms with Crippen molar-refractivity contribution in [2.75, 3.05) is 6.61 Å². The molecule has 1 aliphatic heterocycles. The van der Waals surface area contributed by atoms with Gasteiger partial charge in [-0.2, -0.15) is 5.09 Å². The van der Waals surface area contributed by atoms with E-state index in [-0.39, 0.29) is 10.5 Å². The zero-order chi connectivity index (χ0) is 26.7. The van der Waals surface area contributed by atoms with Crippen molar-refractivity contribution >= 4 is 25.9 Å². The maximum Gasteiger partial charge on any atom is 0.459 e. The number of para-hydroxylation sites is 1. The van der Waals surface area contributed by atoms with Crippen LogP contribution in [0.3, 0.4) is 0 Å². The van der Waals surface area contributed by atoms with Crippen LogP contribution < -0.4 is 15.2 Å². The fraction of sp³-hybridized carbons (Fsp3) is 0.500. The minimum absolute atomic E-state index is 0.0289. The number of esters is 1. The van der Waals surface area contributed by atoms with Crippen molar-refractivity contribution in [1.82, 2.24) is 14.6 Å². The van der Waals surface area contributed by atoms with E-state index in [0.717, 1.165) is 0 Å². The molecule has 3 unspecified atom stereocenters. The number of hydrogen-bond donors (Lipinski definition) is 4. The number of H-pyrrole nitrogens is 1. The first-order chi connectivity index (χ1) is 16.8. The number of rotatable bonds is 10. The van der Waals surface area contributed by atoms with Gasteiger partial charge in [-0.3, -0.25) is 23.7 Å². The summed E-state index contributed by atoms with van der Waals surface area (Å²) in [7, 11) is -4.22. The molecule has 0 radical (unpaired) electrons. The Morgan fingerprint density at radius 2 is 1.97 bits per heavy atom. The Balaban J connectivity index is 1.80. The number of hydrogen-bond acceptors (Lipinski definition) is 10. The maximum atomic E-state index is 13.6. The van der Waals surface area contributed by atoms with Crippen LogP contribution in [0, 0.1) is 4.77 Å². The highest BCUT2D eigenvalue weighted by atomic mass is 32.1. The quantitative estimate of drug-likeness (QED) is 0.197. The molecule has 0 bridgehead atoms. The largest absolute Gasteiger partial charge is 0.462 e. The van der Waals surface area contributed by atoms with Gasteiger partial charge >= 0.3 is 13.7 Å². The second-order valence-corrected chi connectivity index (χ2v) is 10.8. The third-order valence-electron chi connectivity index (χ3n) is 5.29. The van der Waals surface area contributed by atoms with Gasteiger partial charge in [0.25, 0.3) is 5.56 Å². The molecule has 36 heavy (non-hydrogen) atoms. The molecular weight excluding hydrogens is 513 g/mol. The van der Waals surface area contributed by atoms with Crippen molar-refractivity contribution in [3.63, 3.8) is 0 Å². The lowest BCUT2D eigenvalue weighted by molar-refractivity contribution is -0.149. The molecule has 1 aromatic carbocycles. The number of aromatic amines is 1. The number of carbonyl (C=O) groups excluding carboxylic acids is 1. The highest BCUT2D eigenvalue weighted by molar-refractivity contribution is 7.71. The van der Waals surface area contributed by atoms with Crippen LogP contribution in [0.4, 0.5) is 0 Å². The van der Waals surface area contributed by atoms with Crippen LogP contribution >= 0.6 is 20.0 Å². The number of nitrogens with zero attached hydrogens (tertiary/aromatic N) is 1. The van der Waals surface area contributed by atoms with Gasteiger partial charge in [0, 0.05) is 12.3 Å². The summed E-state index contributed by atoms with van der Waals surface area (Å²) in [5.41, 5.74) is -2.29. The number of aliphatic hydroxyl groups excluding tert-OH is 1. The summed E-state index contributed by atoms with van der Waals surface area (Å²) in [5.74, 6) is -0.465. The summed E-state index contributed by atoms with van der Waals surface area (Å²) in [5, 5.41) is 24.2. The van der Waals surface area contributed by atoms with E-state index in [1.807, 2.05) is 0 Å². The second-order valence-electron chi connectivity index (χ2n) is 8.75. The predicted octanol–water partition coefficient (Wildman–Crippen LogP) is 2.05. The SMILES string of the molecule is CC(C)OC(=O)[C@H](C)NP(=O)(OCC1O[C@@H](n2ccc(=O)[nH]c2=S)C(C)(O)[C@H]1O)Oc1ccccc1. The molecule has 0 amide bonds. The van der Waals surface area contributed by atoms with Crippen molar-refractivity contribution in [3.8, 4) is 5.75 Å². The lowest BCUT2D eigenvalue weighted by Crippen LogP contribution is -2.45. The molecule has 0 spiro atoms. The Labute approximate surface area is 212 Å². The molecule has 2 aromatic rings. The van der Waals surface area contributed by atoms with E-state index in [2.05, 4.69) is 10.1 Å². The van der Waals surface area contributed by atoms with Crippen molar-refractivity contribution in [2.24, 2.45) is 0 Å². The molecule has 198 valence electrons. The second kappa shape index (κ2) is 11.3.